The summed E-state index contributed by atoms with van der Waals surface area (Å²) in [5, 5.41) is 4.55. The largest absolute Gasteiger partial charge is 0.469 e. The second kappa shape index (κ2) is 9.48. The highest BCUT2D eigenvalue weighted by atomic mass is 31.2. The van der Waals surface area contributed by atoms with Crippen molar-refractivity contribution in [3.05, 3.63) is 36.5 Å². The van der Waals surface area contributed by atoms with E-state index in [9.17, 15) is 9.36 Å². The van der Waals surface area contributed by atoms with Gasteiger partial charge in [0.15, 0.2) is 0 Å². The van der Waals surface area contributed by atoms with Crippen LogP contribution in [0.2, 0.25) is 0 Å². The molecule has 0 aliphatic carbocycles. The molecule has 25 heavy (non-hydrogen) atoms. The molecule has 0 fully saturated rings. The number of phosphoric acid groups is 1. The maximum atomic E-state index is 11.7. The zero-order valence-corrected chi connectivity index (χ0v) is 14.5. The summed E-state index contributed by atoms with van der Waals surface area (Å²) in [5.74, 6) is 0.429. The number of amides is 1. The zero-order valence-electron chi connectivity index (χ0n) is 13.6. The maximum Gasteiger partial charge on any atom is 0.469 e. The summed E-state index contributed by atoms with van der Waals surface area (Å²) in [5.41, 5.74) is 0. The number of hydrogen-bond acceptors (Lipinski definition) is 5. The first-order valence-electron chi connectivity index (χ1n) is 7.93. The molecule has 9 heteroatoms. The molecule has 136 valence electrons. The number of unbranched alkanes of at least 4 members (excludes halogenated alkanes) is 3. The van der Waals surface area contributed by atoms with Crippen molar-refractivity contribution < 1.29 is 28.4 Å². The van der Waals surface area contributed by atoms with Crippen LogP contribution in [0.25, 0.3) is 10.8 Å². The highest BCUT2D eigenvalue weighted by Crippen LogP contribution is 2.35. The minimum atomic E-state index is -4.37. The van der Waals surface area contributed by atoms with E-state index in [0.29, 0.717) is 18.7 Å². The number of hydrogen-bond donors (Lipinski definition) is 3. The van der Waals surface area contributed by atoms with Gasteiger partial charge in [0, 0.05) is 11.6 Å². The zero-order chi connectivity index (χ0) is 18.1. The van der Waals surface area contributed by atoms with Crippen LogP contribution in [-0.2, 0) is 13.8 Å². The monoisotopic (exact) mass is 368 g/mol. The molecule has 0 aliphatic heterocycles. The number of carbonyl (C=O) groups excluding carboxylic acids is 1. The standard InChI is InChI=1S/C16H21N2O6P/c19-16(23-9-5-1-2-6-10-24-25(20,21)22)18-15-11-13-7-3-4-8-14(13)12-17-15/h3-4,7-8,11-12H,1-2,5-6,9-10H2,(H,17,18,19)(H2,20,21,22). The molecule has 1 amide bonds. The molecular weight excluding hydrogens is 347 g/mol. The van der Waals surface area contributed by atoms with Gasteiger partial charge in [-0.05, 0) is 30.7 Å². The van der Waals surface area contributed by atoms with Crippen molar-refractivity contribution in [2.75, 3.05) is 18.5 Å². The van der Waals surface area contributed by atoms with Crippen LogP contribution < -0.4 is 5.32 Å². The van der Waals surface area contributed by atoms with Gasteiger partial charge in [0.1, 0.15) is 5.82 Å². The molecule has 0 unspecified atom stereocenters. The Kier molecular flexibility index (Phi) is 7.33. The lowest BCUT2D eigenvalue weighted by Gasteiger charge is -2.07. The fourth-order valence-corrected chi connectivity index (χ4v) is 2.57. The van der Waals surface area contributed by atoms with E-state index in [4.69, 9.17) is 14.5 Å². The summed E-state index contributed by atoms with van der Waals surface area (Å²) in [6.45, 7) is 0.276. The highest BCUT2D eigenvalue weighted by Gasteiger charge is 2.12. The topological polar surface area (TPSA) is 118 Å². The van der Waals surface area contributed by atoms with Crippen molar-refractivity contribution in [3.63, 3.8) is 0 Å². The van der Waals surface area contributed by atoms with E-state index in [2.05, 4.69) is 14.8 Å². The number of aromatic nitrogens is 1. The lowest BCUT2D eigenvalue weighted by molar-refractivity contribution is 0.157. The van der Waals surface area contributed by atoms with Gasteiger partial charge >= 0.3 is 13.9 Å². The first-order chi connectivity index (χ1) is 11.9. The van der Waals surface area contributed by atoms with Crippen molar-refractivity contribution >= 4 is 30.5 Å². The van der Waals surface area contributed by atoms with Crippen molar-refractivity contribution in [1.82, 2.24) is 4.98 Å². The van der Waals surface area contributed by atoms with Gasteiger partial charge in [-0.25, -0.2) is 14.3 Å². The number of nitrogens with one attached hydrogen (secondary N) is 1. The van der Waals surface area contributed by atoms with Gasteiger partial charge in [-0.15, -0.1) is 0 Å². The van der Waals surface area contributed by atoms with E-state index in [1.807, 2.05) is 24.3 Å². The molecule has 8 nitrogen and oxygen atoms in total. The van der Waals surface area contributed by atoms with Gasteiger partial charge in [0.25, 0.3) is 0 Å². The third-order valence-corrected chi connectivity index (χ3v) is 3.91. The molecule has 2 aromatic rings. The van der Waals surface area contributed by atoms with Crippen LogP contribution in [0.1, 0.15) is 25.7 Å². The molecule has 0 saturated carbocycles. The van der Waals surface area contributed by atoms with Crippen molar-refractivity contribution in [3.8, 4) is 0 Å². The number of rotatable bonds is 9. The highest BCUT2D eigenvalue weighted by molar-refractivity contribution is 7.46. The molecule has 0 bridgehead atoms. The molecule has 0 saturated heterocycles. The number of phosphoric ester groups is 1. The first kappa shape index (κ1) is 19.3. The van der Waals surface area contributed by atoms with E-state index in [0.717, 1.165) is 23.6 Å². The summed E-state index contributed by atoms with van der Waals surface area (Å²) in [6.07, 6.45) is 3.83. The number of pyridine rings is 1. The minimum absolute atomic E-state index is 0.0131. The molecule has 0 spiro atoms. The third-order valence-electron chi connectivity index (χ3n) is 3.39. The summed E-state index contributed by atoms with van der Waals surface area (Å²) >= 11 is 0. The molecule has 0 atom stereocenters. The van der Waals surface area contributed by atoms with Crippen molar-refractivity contribution in [2.45, 2.75) is 25.7 Å². The quantitative estimate of drug-likeness (QED) is 0.458. The van der Waals surface area contributed by atoms with Gasteiger partial charge in [-0.1, -0.05) is 30.7 Å². The minimum Gasteiger partial charge on any atom is -0.449 e. The number of ether oxygens (including phenoxy) is 1. The lowest BCUT2D eigenvalue weighted by Crippen LogP contribution is -2.15. The van der Waals surface area contributed by atoms with Gasteiger partial charge in [-0.3, -0.25) is 9.84 Å². The van der Waals surface area contributed by atoms with Gasteiger partial charge < -0.3 is 14.5 Å². The van der Waals surface area contributed by atoms with E-state index in [1.54, 1.807) is 12.3 Å². The van der Waals surface area contributed by atoms with E-state index >= 15 is 0 Å². The lowest BCUT2D eigenvalue weighted by atomic mass is 10.2. The summed E-state index contributed by atoms with van der Waals surface area (Å²) in [6, 6.07) is 9.48. The molecule has 1 aromatic carbocycles. The summed E-state index contributed by atoms with van der Waals surface area (Å²) in [4.78, 5) is 32.9. The number of nitrogens with zero attached hydrogens (tertiary/aromatic N) is 1. The van der Waals surface area contributed by atoms with Crippen molar-refractivity contribution in [1.29, 1.82) is 0 Å². The SMILES string of the molecule is O=C(Nc1cc2ccccc2cn1)OCCCCCCOP(=O)(O)O. The average molecular weight is 368 g/mol. The number of carbonyl (C=O) groups is 1. The van der Waals surface area contributed by atoms with Crippen LogP contribution >= 0.6 is 7.82 Å². The fraction of sp³-hybridized carbons (Fsp3) is 0.375. The van der Waals surface area contributed by atoms with Crippen LogP contribution in [0, 0.1) is 0 Å². The van der Waals surface area contributed by atoms with Gasteiger partial charge in [0.05, 0.1) is 13.2 Å². The van der Waals surface area contributed by atoms with E-state index in [-0.39, 0.29) is 13.2 Å². The van der Waals surface area contributed by atoms with Crippen LogP contribution in [0.4, 0.5) is 10.6 Å². The van der Waals surface area contributed by atoms with E-state index < -0.39 is 13.9 Å². The third kappa shape index (κ3) is 7.62. The molecule has 1 heterocycles. The Hall–Kier alpha value is -1.99. The van der Waals surface area contributed by atoms with Crippen LogP contribution in [0.15, 0.2) is 36.5 Å². The Labute approximate surface area is 145 Å². The number of fused-ring (bicyclic) bond motifs is 1. The Morgan fingerprint density at radius 1 is 1.08 bits per heavy atom. The number of benzene rings is 1. The van der Waals surface area contributed by atoms with Crippen LogP contribution in [0.3, 0.4) is 0 Å². The maximum absolute atomic E-state index is 11.7. The molecule has 1 aromatic heterocycles. The molecule has 0 radical (unpaired) electrons. The second-order valence-corrected chi connectivity index (χ2v) is 6.65. The average Bonchev–Trinajstić information content (AvgIpc) is 2.56. The fourth-order valence-electron chi connectivity index (χ4n) is 2.20. The predicted octanol–water partition coefficient (Wildman–Crippen LogP) is 3.45. The molecular formula is C16H21N2O6P. The summed E-state index contributed by atoms with van der Waals surface area (Å²) in [7, 11) is -4.37. The second-order valence-electron chi connectivity index (χ2n) is 5.42. The predicted molar refractivity (Wildman–Crippen MR) is 93.2 cm³/mol. The normalized spacial score (nSPS) is 11.4. The Morgan fingerprint density at radius 2 is 1.76 bits per heavy atom. The first-order valence-corrected chi connectivity index (χ1v) is 9.46. The number of anilines is 1. The van der Waals surface area contributed by atoms with Crippen LogP contribution in [0.5, 0.6) is 0 Å². The van der Waals surface area contributed by atoms with Crippen LogP contribution in [-0.4, -0.2) is 34.1 Å². The van der Waals surface area contributed by atoms with E-state index in [1.165, 1.54) is 0 Å². The van der Waals surface area contributed by atoms with Gasteiger partial charge in [-0.2, -0.15) is 0 Å². The Bertz CT molecular complexity index is 748. The van der Waals surface area contributed by atoms with Crippen molar-refractivity contribution in [2.24, 2.45) is 0 Å². The van der Waals surface area contributed by atoms with Gasteiger partial charge in [0.2, 0.25) is 0 Å². The summed E-state index contributed by atoms with van der Waals surface area (Å²) < 4.78 is 19.9. The smallest absolute Gasteiger partial charge is 0.449 e. The molecule has 3 N–H and O–H groups in total. The Morgan fingerprint density at radius 3 is 2.48 bits per heavy atom. The molecule has 2 rings (SSSR count). The Balaban J connectivity index is 1.60. The molecule has 0 aliphatic rings.